The first-order valence-electron chi connectivity index (χ1n) is 9.81. The predicted molar refractivity (Wildman–Crippen MR) is 113 cm³/mol. The van der Waals surface area contributed by atoms with Gasteiger partial charge in [0.1, 0.15) is 5.82 Å². The number of carbonyl (C=O) groups excluding carboxylic acids is 1. The molecule has 3 rings (SSSR count). The molecule has 1 heterocycles. The molecule has 0 bridgehead atoms. The van der Waals surface area contributed by atoms with E-state index in [4.69, 9.17) is 0 Å². The molecule has 2 N–H and O–H groups in total. The SMILES string of the molecule is Cc1ccccc1CNC(=O)CN(C)CCCc1cc(-c2ccc(F)cc2)n[nH]1. The van der Waals surface area contributed by atoms with E-state index in [9.17, 15) is 9.18 Å². The van der Waals surface area contributed by atoms with Crippen LogP contribution in [-0.2, 0) is 17.8 Å². The Labute approximate surface area is 170 Å². The fourth-order valence-corrected chi connectivity index (χ4v) is 3.18. The van der Waals surface area contributed by atoms with Gasteiger partial charge in [-0.3, -0.25) is 14.8 Å². The molecular weight excluding hydrogens is 367 g/mol. The number of rotatable bonds is 9. The highest BCUT2D eigenvalue weighted by atomic mass is 19.1. The first kappa shape index (κ1) is 20.7. The predicted octanol–water partition coefficient (Wildman–Crippen LogP) is 3.71. The van der Waals surface area contributed by atoms with Crippen LogP contribution in [0.25, 0.3) is 11.3 Å². The van der Waals surface area contributed by atoms with E-state index in [1.165, 1.54) is 17.7 Å². The van der Waals surface area contributed by atoms with Gasteiger partial charge >= 0.3 is 0 Å². The summed E-state index contributed by atoms with van der Waals surface area (Å²) < 4.78 is 13.0. The molecule has 0 aliphatic carbocycles. The number of amides is 1. The van der Waals surface area contributed by atoms with Crippen molar-refractivity contribution in [3.63, 3.8) is 0 Å². The van der Waals surface area contributed by atoms with Crippen LogP contribution in [0.4, 0.5) is 4.39 Å². The minimum absolute atomic E-state index is 0.0240. The molecule has 0 spiro atoms. The van der Waals surface area contributed by atoms with Crippen molar-refractivity contribution in [2.45, 2.75) is 26.3 Å². The lowest BCUT2D eigenvalue weighted by atomic mass is 10.1. The number of halogens is 1. The monoisotopic (exact) mass is 394 g/mol. The molecule has 0 unspecified atom stereocenters. The molecule has 0 radical (unpaired) electrons. The molecule has 0 saturated heterocycles. The molecule has 3 aromatic rings. The summed E-state index contributed by atoms with van der Waals surface area (Å²) in [7, 11) is 1.95. The Morgan fingerprint density at radius 2 is 1.93 bits per heavy atom. The van der Waals surface area contributed by atoms with Gasteiger partial charge in [-0.05, 0) is 74.8 Å². The average Bonchev–Trinajstić information content (AvgIpc) is 3.17. The van der Waals surface area contributed by atoms with Gasteiger partial charge in [-0.2, -0.15) is 5.10 Å². The highest BCUT2D eigenvalue weighted by Crippen LogP contribution is 2.18. The van der Waals surface area contributed by atoms with Gasteiger partial charge in [0.25, 0.3) is 0 Å². The summed E-state index contributed by atoms with van der Waals surface area (Å²) in [5, 5.41) is 10.3. The molecular formula is C23H27FN4O. The van der Waals surface area contributed by atoms with Crippen molar-refractivity contribution in [2.24, 2.45) is 0 Å². The smallest absolute Gasteiger partial charge is 0.234 e. The van der Waals surface area contributed by atoms with E-state index in [2.05, 4.69) is 15.5 Å². The van der Waals surface area contributed by atoms with Gasteiger partial charge in [0.15, 0.2) is 0 Å². The van der Waals surface area contributed by atoms with Crippen LogP contribution in [0.5, 0.6) is 0 Å². The van der Waals surface area contributed by atoms with Gasteiger partial charge in [-0.1, -0.05) is 24.3 Å². The van der Waals surface area contributed by atoms with Crippen LogP contribution in [0.15, 0.2) is 54.6 Å². The van der Waals surface area contributed by atoms with E-state index >= 15 is 0 Å². The van der Waals surface area contributed by atoms with Gasteiger partial charge in [0.2, 0.25) is 5.91 Å². The number of carbonyl (C=O) groups is 1. The van der Waals surface area contributed by atoms with Crippen molar-refractivity contribution in [1.29, 1.82) is 0 Å². The van der Waals surface area contributed by atoms with Crippen LogP contribution >= 0.6 is 0 Å². The topological polar surface area (TPSA) is 61.0 Å². The third-order valence-electron chi connectivity index (χ3n) is 4.91. The Kier molecular flexibility index (Phi) is 7.14. The van der Waals surface area contributed by atoms with Crippen LogP contribution in [0.2, 0.25) is 0 Å². The van der Waals surface area contributed by atoms with E-state index < -0.39 is 0 Å². The summed E-state index contributed by atoms with van der Waals surface area (Å²) in [5.41, 5.74) is 5.04. The van der Waals surface area contributed by atoms with Gasteiger partial charge in [-0.15, -0.1) is 0 Å². The van der Waals surface area contributed by atoms with Crippen molar-refractivity contribution in [3.8, 4) is 11.3 Å². The molecule has 0 aliphatic rings. The zero-order valence-corrected chi connectivity index (χ0v) is 16.9. The number of nitrogens with one attached hydrogen (secondary N) is 2. The number of aromatic amines is 1. The van der Waals surface area contributed by atoms with Crippen LogP contribution in [0.1, 0.15) is 23.2 Å². The van der Waals surface area contributed by atoms with Gasteiger partial charge in [0.05, 0.1) is 12.2 Å². The second kappa shape index (κ2) is 9.98. The van der Waals surface area contributed by atoms with Gasteiger partial charge < -0.3 is 5.32 Å². The Balaban J connectivity index is 1.38. The van der Waals surface area contributed by atoms with Crippen LogP contribution in [0, 0.1) is 12.7 Å². The molecule has 0 fully saturated rings. The second-order valence-corrected chi connectivity index (χ2v) is 7.33. The summed E-state index contributed by atoms with van der Waals surface area (Å²) >= 11 is 0. The molecule has 5 nitrogen and oxygen atoms in total. The molecule has 1 aromatic heterocycles. The maximum absolute atomic E-state index is 13.0. The Hall–Kier alpha value is -2.99. The Bertz CT molecular complexity index is 936. The van der Waals surface area contributed by atoms with Crippen molar-refractivity contribution in [3.05, 3.63) is 77.2 Å². The van der Waals surface area contributed by atoms with E-state index in [0.29, 0.717) is 13.1 Å². The number of benzene rings is 2. The minimum Gasteiger partial charge on any atom is -0.351 e. The van der Waals surface area contributed by atoms with Crippen LogP contribution in [-0.4, -0.2) is 41.1 Å². The average molecular weight is 394 g/mol. The van der Waals surface area contributed by atoms with E-state index in [1.54, 1.807) is 12.1 Å². The molecule has 2 aromatic carbocycles. The van der Waals surface area contributed by atoms with Crippen molar-refractivity contribution >= 4 is 5.91 Å². The molecule has 0 atom stereocenters. The lowest BCUT2D eigenvalue weighted by Crippen LogP contribution is -2.35. The Morgan fingerprint density at radius 1 is 1.17 bits per heavy atom. The number of H-pyrrole nitrogens is 1. The number of likely N-dealkylation sites (N-methyl/N-ethyl adjacent to an activating group) is 1. The maximum Gasteiger partial charge on any atom is 0.234 e. The number of aromatic nitrogens is 2. The van der Waals surface area contributed by atoms with E-state index in [1.807, 2.05) is 49.2 Å². The standard InChI is InChI=1S/C23H27FN4O/c1-17-6-3-4-7-19(17)15-25-23(29)16-28(2)13-5-8-21-14-22(27-26-21)18-9-11-20(24)12-10-18/h3-4,6-7,9-12,14H,5,8,13,15-16H2,1-2H3,(H,25,29)(H,26,27). The fourth-order valence-electron chi connectivity index (χ4n) is 3.18. The minimum atomic E-state index is -0.254. The second-order valence-electron chi connectivity index (χ2n) is 7.33. The number of nitrogens with zero attached hydrogens (tertiary/aromatic N) is 2. The van der Waals surface area contributed by atoms with Crippen LogP contribution < -0.4 is 5.32 Å². The number of hydrogen-bond donors (Lipinski definition) is 2. The molecule has 152 valence electrons. The van der Waals surface area contributed by atoms with E-state index in [0.717, 1.165) is 41.9 Å². The summed E-state index contributed by atoms with van der Waals surface area (Å²) in [6.45, 7) is 3.78. The van der Waals surface area contributed by atoms with Crippen molar-refractivity contribution < 1.29 is 9.18 Å². The van der Waals surface area contributed by atoms with Crippen molar-refractivity contribution in [1.82, 2.24) is 20.4 Å². The number of aryl methyl sites for hydroxylation is 2. The molecule has 6 heteroatoms. The summed E-state index contributed by atoms with van der Waals surface area (Å²) in [6, 6.07) is 16.4. The van der Waals surface area contributed by atoms with Gasteiger partial charge in [0, 0.05) is 17.8 Å². The molecule has 0 aliphatic heterocycles. The number of hydrogen-bond acceptors (Lipinski definition) is 3. The summed E-state index contributed by atoms with van der Waals surface area (Å²) in [5.74, 6) is -0.230. The summed E-state index contributed by atoms with van der Waals surface area (Å²) in [4.78, 5) is 14.2. The van der Waals surface area contributed by atoms with Gasteiger partial charge in [-0.25, -0.2) is 4.39 Å². The molecule has 1 amide bonds. The third-order valence-corrected chi connectivity index (χ3v) is 4.91. The first-order chi connectivity index (χ1) is 14.0. The largest absolute Gasteiger partial charge is 0.351 e. The third kappa shape index (κ3) is 6.26. The normalized spacial score (nSPS) is 11.0. The Morgan fingerprint density at radius 3 is 2.69 bits per heavy atom. The maximum atomic E-state index is 13.0. The molecule has 29 heavy (non-hydrogen) atoms. The summed E-state index contributed by atoms with van der Waals surface area (Å²) in [6.07, 6.45) is 1.75. The van der Waals surface area contributed by atoms with Crippen LogP contribution in [0.3, 0.4) is 0 Å². The zero-order valence-electron chi connectivity index (χ0n) is 16.9. The lowest BCUT2D eigenvalue weighted by Gasteiger charge is -2.16. The fraction of sp³-hybridized carbons (Fsp3) is 0.304. The highest BCUT2D eigenvalue weighted by molar-refractivity contribution is 5.78. The first-order valence-corrected chi connectivity index (χ1v) is 9.81. The zero-order chi connectivity index (χ0) is 20.6. The van der Waals surface area contributed by atoms with E-state index in [-0.39, 0.29) is 11.7 Å². The molecule has 0 saturated carbocycles. The lowest BCUT2D eigenvalue weighted by molar-refractivity contribution is -0.122. The quantitative estimate of drug-likeness (QED) is 0.582. The van der Waals surface area contributed by atoms with Crippen molar-refractivity contribution in [2.75, 3.05) is 20.1 Å². The highest BCUT2D eigenvalue weighted by Gasteiger charge is 2.08.